The van der Waals surface area contributed by atoms with Crippen LogP contribution >= 0.6 is 11.8 Å². The van der Waals surface area contributed by atoms with Crippen LogP contribution in [-0.4, -0.2) is 54.4 Å². The molecule has 1 unspecified atom stereocenters. The van der Waals surface area contributed by atoms with Gasteiger partial charge in [-0.1, -0.05) is 12.1 Å². The monoisotopic (exact) mass is 343 g/mol. The van der Waals surface area contributed by atoms with Gasteiger partial charge in [-0.05, 0) is 30.4 Å². The number of nitrogens with one attached hydrogen (secondary N) is 1. The van der Waals surface area contributed by atoms with Gasteiger partial charge in [0.15, 0.2) is 0 Å². The Morgan fingerprint density at radius 3 is 2.75 bits per heavy atom. The topological polar surface area (TPSA) is 44.3 Å². The number of thioether (sulfide) groups is 1. The van der Waals surface area contributed by atoms with Crippen LogP contribution < -0.4 is 10.2 Å². The van der Waals surface area contributed by atoms with E-state index in [1.54, 1.807) is 18.1 Å². The number of nitrogens with zero attached hydrogens (tertiary/aromatic N) is 4. The molecule has 1 atom stereocenters. The molecule has 5 nitrogen and oxygen atoms in total. The Bertz CT molecular complexity index is 659. The van der Waals surface area contributed by atoms with E-state index in [1.807, 2.05) is 25.1 Å². The molecule has 0 aliphatic carbocycles. The molecule has 3 rings (SSSR count). The number of aromatic nitrogens is 2. The highest BCUT2D eigenvalue weighted by atomic mass is 32.2. The van der Waals surface area contributed by atoms with Crippen molar-refractivity contribution in [3.05, 3.63) is 42.2 Å². The largest absolute Gasteiger partial charge is 0.366 e. The summed E-state index contributed by atoms with van der Waals surface area (Å²) in [6, 6.07) is 11.3. The fourth-order valence-electron chi connectivity index (χ4n) is 2.96. The maximum atomic E-state index is 4.34. The van der Waals surface area contributed by atoms with Gasteiger partial charge in [-0.3, -0.25) is 4.90 Å². The average molecular weight is 344 g/mol. The number of benzene rings is 1. The van der Waals surface area contributed by atoms with Crippen molar-refractivity contribution in [2.24, 2.45) is 0 Å². The van der Waals surface area contributed by atoms with Gasteiger partial charge in [-0.2, -0.15) is 0 Å². The first-order valence-electron chi connectivity index (χ1n) is 8.25. The van der Waals surface area contributed by atoms with E-state index in [9.17, 15) is 0 Å². The summed E-state index contributed by atoms with van der Waals surface area (Å²) in [6.45, 7) is 3.18. The highest BCUT2D eigenvalue weighted by molar-refractivity contribution is 7.98. The van der Waals surface area contributed by atoms with Crippen molar-refractivity contribution in [2.45, 2.75) is 23.9 Å². The van der Waals surface area contributed by atoms with E-state index in [0.29, 0.717) is 6.04 Å². The minimum atomic E-state index is 0.445. The average Bonchev–Trinajstić information content (AvgIpc) is 3.02. The Morgan fingerprint density at radius 2 is 2.04 bits per heavy atom. The maximum absolute atomic E-state index is 4.34. The van der Waals surface area contributed by atoms with Gasteiger partial charge in [-0.15, -0.1) is 11.8 Å². The zero-order valence-electron chi connectivity index (χ0n) is 14.6. The normalized spacial score (nSPS) is 17.9. The van der Waals surface area contributed by atoms with E-state index in [2.05, 4.69) is 50.7 Å². The van der Waals surface area contributed by atoms with Crippen LogP contribution in [0.25, 0.3) is 0 Å². The first-order valence-corrected chi connectivity index (χ1v) is 9.47. The third kappa shape index (κ3) is 4.39. The minimum absolute atomic E-state index is 0.445. The molecule has 0 amide bonds. The lowest BCUT2D eigenvalue weighted by Gasteiger charge is -2.18. The maximum Gasteiger partial charge on any atom is 0.133 e. The van der Waals surface area contributed by atoms with E-state index < -0.39 is 0 Å². The standard InChI is InChI=1S/C18H25N5S/c1-22(2)18-10-17(19-13-20-18)21-15-8-9-23(12-15)11-14-4-6-16(24-3)7-5-14/h4-7,10,13,15H,8-9,11-12H2,1-3H3,(H,19,20,21). The van der Waals surface area contributed by atoms with Gasteiger partial charge in [0.2, 0.25) is 0 Å². The van der Waals surface area contributed by atoms with Gasteiger partial charge in [-0.25, -0.2) is 9.97 Å². The summed E-state index contributed by atoms with van der Waals surface area (Å²) in [5.74, 6) is 1.83. The number of likely N-dealkylation sites (tertiary alicyclic amines) is 1. The summed E-state index contributed by atoms with van der Waals surface area (Å²) in [5, 5.41) is 3.55. The first kappa shape index (κ1) is 17.0. The molecule has 1 saturated heterocycles. The van der Waals surface area contributed by atoms with E-state index in [4.69, 9.17) is 0 Å². The molecule has 0 saturated carbocycles. The molecule has 2 aromatic rings. The quantitative estimate of drug-likeness (QED) is 0.814. The molecule has 0 bridgehead atoms. The molecular formula is C18H25N5S. The lowest BCUT2D eigenvalue weighted by Crippen LogP contribution is -2.26. The molecule has 1 aliphatic rings. The SMILES string of the molecule is CSc1ccc(CN2CCC(Nc3cc(N(C)C)ncn3)C2)cc1. The highest BCUT2D eigenvalue weighted by Crippen LogP contribution is 2.20. The molecule has 128 valence electrons. The molecule has 1 aliphatic heterocycles. The van der Waals surface area contributed by atoms with Crippen molar-refractivity contribution in [2.75, 3.05) is 43.7 Å². The molecule has 1 aromatic heterocycles. The molecule has 24 heavy (non-hydrogen) atoms. The van der Waals surface area contributed by atoms with Gasteiger partial charge < -0.3 is 10.2 Å². The van der Waals surface area contributed by atoms with Crippen molar-refractivity contribution in [3.63, 3.8) is 0 Å². The number of rotatable bonds is 6. The molecule has 1 aromatic carbocycles. The van der Waals surface area contributed by atoms with E-state index in [-0.39, 0.29) is 0 Å². The van der Waals surface area contributed by atoms with Crippen molar-refractivity contribution >= 4 is 23.4 Å². The third-order valence-electron chi connectivity index (χ3n) is 4.30. The summed E-state index contributed by atoms with van der Waals surface area (Å²) >= 11 is 1.79. The van der Waals surface area contributed by atoms with Crippen LogP contribution in [0.3, 0.4) is 0 Å². The molecule has 0 spiro atoms. The fraction of sp³-hybridized carbons (Fsp3) is 0.444. The second kappa shape index (κ2) is 7.85. The number of hydrogen-bond donors (Lipinski definition) is 1. The Hall–Kier alpha value is -1.79. The Morgan fingerprint density at radius 1 is 1.25 bits per heavy atom. The molecule has 0 radical (unpaired) electrons. The predicted octanol–water partition coefficient (Wildman–Crippen LogP) is 2.95. The zero-order valence-corrected chi connectivity index (χ0v) is 15.4. The summed E-state index contributed by atoms with van der Waals surface area (Å²) in [7, 11) is 3.98. The minimum Gasteiger partial charge on any atom is -0.366 e. The van der Waals surface area contributed by atoms with Crippen molar-refractivity contribution in [1.29, 1.82) is 0 Å². The second-order valence-electron chi connectivity index (χ2n) is 6.37. The molecule has 1 N–H and O–H groups in total. The van der Waals surface area contributed by atoms with Crippen molar-refractivity contribution < 1.29 is 0 Å². The zero-order chi connectivity index (χ0) is 16.9. The van der Waals surface area contributed by atoms with Gasteiger partial charge >= 0.3 is 0 Å². The van der Waals surface area contributed by atoms with Gasteiger partial charge in [0.05, 0.1) is 0 Å². The Kier molecular flexibility index (Phi) is 5.58. The summed E-state index contributed by atoms with van der Waals surface area (Å²) in [4.78, 5) is 14.4. The summed E-state index contributed by atoms with van der Waals surface area (Å²) in [5.41, 5.74) is 1.38. The molecule has 6 heteroatoms. The van der Waals surface area contributed by atoms with Crippen molar-refractivity contribution in [1.82, 2.24) is 14.9 Å². The lowest BCUT2D eigenvalue weighted by atomic mass is 10.2. The fourth-order valence-corrected chi connectivity index (χ4v) is 3.37. The molecular weight excluding hydrogens is 318 g/mol. The predicted molar refractivity (Wildman–Crippen MR) is 102 cm³/mol. The second-order valence-corrected chi connectivity index (χ2v) is 7.25. The smallest absolute Gasteiger partial charge is 0.133 e. The van der Waals surface area contributed by atoms with Gasteiger partial charge in [0, 0.05) is 50.7 Å². The van der Waals surface area contributed by atoms with Gasteiger partial charge in [0.25, 0.3) is 0 Å². The molecule has 1 fully saturated rings. The Labute approximate surface area is 148 Å². The lowest BCUT2D eigenvalue weighted by molar-refractivity contribution is 0.328. The number of anilines is 2. The van der Waals surface area contributed by atoms with E-state index in [1.165, 1.54) is 10.5 Å². The van der Waals surface area contributed by atoms with E-state index in [0.717, 1.165) is 37.7 Å². The van der Waals surface area contributed by atoms with Crippen LogP contribution in [0.15, 0.2) is 41.6 Å². The summed E-state index contributed by atoms with van der Waals surface area (Å²) in [6.07, 6.45) is 4.88. The third-order valence-corrected chi connectivity index (χ3v) is 5.04. The number of hydrogen-bond acceptors (Lipinski definition) is 6. The van der Waals surface area contributed by atoms with Crippen LogP contribution in [0.5, 0.6) is 0 Å². The Balaban J connectivity index is 1.54. The van der Waals surface area contributed by atoms with Crippen LogP contribution in [0.1, 0.15) is 12.0 Å². The first-order chi connectivity index (χ1) is 11.6. The summed E-state index contributed by atoms with van der Waals surface area (Å²) < 4.78 is 0. The van der Waals surface area contributed by atoms with Crippen LogP contribution in [-0.2, 0) is 6.54 Å². The van der Waals surface area contributed by atoms with E-state index >= 15 is 0 Å². The van der Waals surface area contributed by atoms with Crippen LogP contribution in [0.2, 0.25) is 0 Å². The van der Waals surface area contributed by atoms with Crippen molar-refractivity contribution in [3.8, 4) is 0 Å². The van der Waals surface area contributed by atoms with Crippen LogP contribution in [0, 0.1) is 0 Å². The highest BCUT2D eigenvalue weighted by Gasteiger charge is 2.22. The molecule has 2 heterocycles. The van der Waals surface area contributed by atoms with Crippen LogP contribution in [0.4, 0.5) is 11.6 Å². The van der Waals surface area contributed by atoms with Gasteiger partial charge in [0.1, 0.15) is 18.0 Å².